The zero-order chi connectivity index (χ0) is 13.6. The summed E-state index contributed by atoms with van der Waals surface area (Å²) in [5.41, 5.74) is 7.03. The molecular weight excluding hydrogens is 266 g/mol. The number of hydrogen-bond acceptors (Lipinski definition) is 5. The van der Waals surface area contributed by atoms with Crippen LogP contribution in [0.25, 0.3) is 11.2 Å². The monoisotopic (exact) mass is 281 g/mol. The Kier molecular flexibility index (Phi) is 3.06. The number of alkyl halides is 1. The first kappa shape index (κ1) is 12.6. The zero-order valence-electron chi connectivity index (χ0n) is 10.8. The maximum absolute atomic E-state index is 6.49. The number of halogens is 1. The predicted octanol–water partition coefficient (Wildman–Crippen LogP) is 1.96. The Labute approximate surface area is 115 Å². The van der Waals surface area contributed by atoms with Crippen LogP contribution in [0.5, 0.6) is 0 Å². The summed E-state index contributed by atoms with van der Waals surface area (Å²) in [5.74, 6) is 0.654. The van der Waals surface area contributed by atoms with Gasteiger partial charge in [-0.1, -0.05) is 13.8 Å². The molecule has 102 valence electrons. The average Bonchev–Trinajstić information content (AvgIpc) is 2.94. The molecule has 1 fully saturated rings. The maximum atomic E-state index is 6.49. The van der Waals surface area contributed by atoms with Crippen molar-refractivity contribution in [3.8, 4) is 0 Å². The van der Waals surface area contributed by atoms with Gasteiger partial charge in [-0.25, -0.2) is 15.0 Å². The highest BCUT2D eigenvalue weighted by atomic mass is 35.5. The molecule has 1 aliphatic rings. The van der Waals surface area contributed by atoms with Crippen LogP contribution in [0.2, 0.25) is 0 Å². The molecule has 6 nitrogen and oxygen atoms in total. The molecule has 2 N–H and O–H groups in total. The number of anilines is 1. The molecule has 0 spiro atoms. The van der Waals surface area contributed by atoms with E-state index in [2.05, 4.69) is 28.8 Å². The van der Waals surface area contributed by atoms with Crippen molar-refractivity contribution >= 4 is 28.6 Å². The molecule has 0 radical (unpaired) electrons. The first-order valence-corrected chi connectivity index (χ1v) is 6.79. The Morgan fingerprint density at radius 2 is 2.21 bits per heavy atom. The van der Waals surface area contributed by atoms with Crippen molar-refractivity contribution in [3.05, 3.63) is 12.7 Å². The third-order valence-corrected chi connectivity index (χ3v) is 4.35. The van der Waals surface area contributed by atoms with Crippen molar-refractivity contribution in [1.29, 1.82) is 0 Å². The summed E-state index contributed by atoms with van der Waals surface area (Å²) in [4.78, 5) is 12.4. The van der Waals surface area contributed by atoms with E-state index < -0.39 is 0 Å². The molecule has 1 saturated heterocycles. The first-order chi connectivity index (χ1) is 9.13. The van der Waals surface area contributed by atoms with Crippen LogP contribution in [0.4, 0.5) is 5.82 Å². The van der Waals surface area contributed by atoms with E-state index in [4.69, 9.17) is 22.1 Å². The Balaban J connectivity index is 2.04. The fraction of sp³-hybridized carbons (Fsp3) is 0.583. The minimum absolute atomic E-state index is 0.112. The molecule has 0 unspecified atom stereocenters. The largest absolute Gasteiger partial charge is 0.382 e. The third kappa shape index (κ3) is 1.86. The van der Waals surface area contributed by atoms with Crippen molar-refractivity contribution in [1.82, 2.24) is 19.5 Å². The number of nitrogens with two attached hydrogens (primary N) is 1. The van der Waals surface area contributed by atoms with Gasteiger partial charge in [-0.3, -0.25) is 4.57 Å². The molecular formula is C12H16ClN5O. The average molecular weight is 282 g/mol. The Morgan fingerprint density at radius 1 is 1.42 bits per heavy atom. The van der Waals surface area contributed by atoms with E-state index in [1.807, 2.05) is 4.57 Å². The molecule has 2 aromatic heterocycles. The predicted molar refractivity (Wildman–Crippen MR) is 72.7 cm³/mol. The summed E-state index contributed by atoms with van der Waals surface area (Å²) in [7, 11) is 0. The van der Waals surface area contributed by atoms with E-state index >= 15 is 0 Å². The van der Waals surface area contributed by atoms with Gasteiger partial charge >= 0.3 is 0 Å². The lowest BCUT2D eigenvalue weighted by Gasteiger charge is -2.16. The van der Waals surface area contributed by atoms with Crippen LogP contribution >= 0.6 is 11.6 Å². The standard InChI is InChI=1S/C12H16ClN5O/c1-3-7-6(2)8(13)12(19-7)18-5-17-9-10(14)15-4-16-11(9)18/h4-8,12H,3H2,1-2H3,(H2,14,15,16)/t6-,7-,8-,12-/m1/s1. The van der Waals surface area contributed by atoms with E-state index in [0.29, 0.717) is 17.0 Å². The van der Waals surface area contributed by atoms with E-state index in [9.17, 15) is 0 Å². The number of nitrogen functional groups attached to an aromatic ring is 1. The van der Waals surface area contributed by atoms with Crippen molar-refractivity contribution < 1.29 is 4.74 Å². The SMILES string of the molecule is CC[C@H]1O[C@@H](n2cnc3c(N)ncnc32)[C@H](Cl)[C@@H]1C. The van der Waals surface area contributed by atoms with Gasteiger partial charge in [0.15, 0.2) is 17.7 Å². The second-order valence-corrected chi connectivity index (χ2v) is 5.36. The normalized spacial score (nSPS) is 31.1. The molecule has 0 amide bonds. The lowest BCUT2D eigenvalue weighted by atomic mass is 10.0. The first-order valence-electron chi connectivity index (χ1n) is 6.36. The van der Waals surface area contributed by atoms with E-state index in [0.717, 1.165) is 6.42 Å². The summed E-state index contributed by atoms with van der Waals surface area (Å²) < 4.78 is 7.86. The van der Waals surface area contributed by atoms with Crippen molar-refractivity contribution in [2.24, 2.45) is 5.92 Å². The van der Waals surface area contributed by atoms with Gasteiger partial charge in [0.1, 0.15) is 11.8 Å². The molecule has 3 heterocycles. The van der Waals surface area contributed by atoms with Crippen LogP contribution in [-0.4, -0.2) is 31.0 Å². The topological polar surface area (TPSA) is 78.9 Å². The summed E-state index contributed by atoms with van der Waals surface area (Å²) in [6.07, 6.45) is 3.92. The second kappa shape index (κ2) is 4.61. The lowest BCUT2D eigenvalue weighted by Crippen LogP contribution is -2.18. The molecule has 4 atom stereocenters. The van der Waals surface area contributed by atoms with Crippen LogP contribution in [0.15, 0.2) is 12.7 Å². The van der Waals surface area contributed by atoms with Gasteiger partial charge in [0.05, 0.1) is 17.8 Å². The van der Waals surface area contributed by atoms with Crippen LogP contribution in [0, 0.1) is 5.92 Å². The number of ether oxygens (including phenoxy) is 1. The Hall–Kier alpha value is -1.40. The van der Waals surface area contributed by atoms with E-state index in [1.165, 1.54) is 6.33 Å². The summed E-state index contributed by atoms with van der Waals surface area (Å²) in [6.45, 7) is 4.20. The second-order valence-electron chi connectivity index (χ2n) is 4.86. The van der Waals surface area contributed by atoms with Gasteiger partial charge in [0.2, 0.25) is 0 Å². The fourth-order valence-corrected chi connectivity index (χ4v) is 2.93. The third-order valence-electron chi connectivity index (χ3n) is 3.74. The highest BCUT2D eigenvalue weighted by molar-refractivity contribution is 6.21. The summed E-state index contributed by atoms with van der Waals surface area (Å²) >= 11 is 6.49. The number of aromatic nitrogens is 4. The van der Waals surface area contributed by atoms with Crippen LogP contribution in [0.1, 0.15) is 26.5 Å². The number of fused-ring (bicyclic) bond motifs is 1. The van der Waals surface area contributed by atoms with Crippen LogP contribution in [-0.2, 0) is 4.74 Å². The number of nitrogens with zero attached hydrogens (tertiary/aromatic N) is 4. The maximum Gasteiger partial charge on any atom is 0.167 e. The van der Waals surface area contributed by atoms with Crippen molar-refractivity contribution in [3.63, 3.8) is 0 Å². The fourth-order valence-electron chi connectivity index (χ4n) is 2.59. The van der Waals surface area contributed by atoms with Gasteiger partial charge < -0.3 is 10.5 Å². The number of hydrogen-bond donors (Lipinski definition) is 1. The van der Waals surface area contributed by atoms with Gasteiger partial charge in [0, 0.05) is 5.92 Å². The van der Waals surface area contributed by atoms with E-state index in [-0.39, 0.29) is 23.6 Å². The van der Waals surface area contributed by atoms with Crippen molar-refractivity contribution in [2.75, 3.05) is 5.73 Å². The molecule has 7 heteroatoms. The molecule has 0 aromatic carbocycles. The van der Waals surface area contributed by atoms with Gasteiger partial charge in [-0.05, 0) is 6.42 Å². The van der Waals surface area contributed by atoms with Gasteiger partial charge in [-0.2, -0.15) is 0 Å². The Bertz CT molecular complexity index is 601. The smallest absolute Gasteiger partial charge is 0.167 e. The van der Waals surface area contributed by atoms with Gasteiger partial charge in [-0.15, -0.1) is 11.6 Å². The highest BCUT2D eigenvalue weighted by Crippen LogP contribution is 2.39. The molecule has 2 aromatic rings. The van der Waals surface area contributed by atoms with Crippen molar-refractivity contribution in [2.45, 2.75) is 38.0 Å². The molecule has 3 rings (SSSR count). The van der Waals surface area contributed by atoms with Crippen LogP contribution < -0.4 is 5.73 Å². The zero-order valence-corrected chi connectivity index (χ0v) is 11.6. The van der Waals surface area contributed by atoms with E-state index in [1.54, 1.807) is 6.33 Å². The number of imidazole rings is 1. The van der Waals surface area contributed by atoms with Gasteiger partial charge in [0.25, 0.3) is 0 Å². The molecule has 0 saturated carbocycles. The van der Waals surface area contributed by atoms with Crippen LogP contribution in [0.3, 0.4) is 0 Å². The molecule has 0 aliphatic carbocycles. The highest BCUT2D eigenvalue weighted by Gasteiger charge is 2.41. The lowest BCUT2D eigenvalue weighted by molar-refractivity contribution is -0.00234. The minimum Gasteiger partial charge on any atom is -0.382 e. The molecule has 19 heavy (non-hydrogen) atoms. The summed E-state index contributed by atoms with van der Waals surface area (Å²) in [5, 5.41) is -0.112. The quantitative estimate of drug-likeness (QED) is 0.851. The summed E-state index contributed by atoms with van der Waals surface area (Å²) in [6, 6.07) is 0. The molecule has 0 bridgehead atoms. The Morgan fingerprint density at radius 3 is 2.89 bits per heavy atom. The number of rotatable bonds is 2. The molecule has 1 aliphatic heterocycles. The minimum atomic E-state index is -0.263.